The molecule has 1 aliphatic rings. The van der Waals surface area contributed by atoms with Crippen molar-refractivity contribution in [1.29, 1.82) is 0 Å². The average Bonchev–Trinajstić information content (AvgIpc) is 3.29. The van der Waals surface area contributed by atoms with E-state index in [1.54, 1.807) is 0 Å². The Morgan fingerprint density at radius 3 is 2.70 bits per heavy atom. The molecule has 1 N–H and O–H groups in total. The molecule has 20 heavy (non-hydrogen) atoms. The van der Waals surface area contributed by atoms with Crippen molar-refractivity contribution in [2.45, 2.75) is 24.6 Å². The highest BCUT2D eigenvalue weighted by Gasteiger charge is 2.29. The van der Waals surface area contributed by atoms with Gasteiger partial charge >= 0.3 is 0 Å². The van der Waals surface area contributed by atoms with Crippen molar-refractivity contribution in [3.8, 4) is 0 Å². The SMILES string of the molecule is O=C(Cc1ccc2ccccc2c1)NCC(Cl)C1CC1. The number of amides is 1. The molecule has 0 heterocycles. The van der Waals surface area contributed by atoms with Gasteiger partial charge in [-0.25, -0.2) is 0 Å². The average molecular weight is 288 g/mol. The molecular formula is C17H18ClNO. The van der Waals surface area contributed by atoms with Gasteiger partial charge < -0.3 is 5.32 Å². The zero-order valence-electron chi connectivity index (χ0n) is 11.3. The third-order valence-corrected chi connectivity index (χ3v) is 4.32. The standard InChI is InChI=1S/C17H18ClNO/c18-16(14-7-8-14)11-19-17(20)10-12-5-6-13-3-1-2-4-15(13)9-12/h1-6,9,14,16H,7-8,10-11H2,(H,19,20). The van der Waals surface area contributed by atoms with E-state index in [4.69, 9.17) is 11.6 Å². The van der Waals surface area contributed by atoms with E-state index in [1.165, 1.54) is 23.6 Å². The Bertz CT molecular complexity index is 621. The van der Waals surface area contributed by atoms with Gasteiger partial charge in [0.2, 0.25) is 5.91 Å². The van der Waals surface area contributed by atoms with E-state index < -0.39 is 0 Å². The lowest BCUT2D eigenvalue weighted by Gasteiger charge is -2.10. The van der Waals surface area contributed by atoms with Crippen LogP contribution >= 0.6 is 11.6 Å². The molecule has 1 saturated carbocycles. The fourth-order valence-electron chi connectivity index (χ4n) is 2.43. The zero-order chi connectivity index (χ0) is 13.9. The minimum Gasteiger partial charge on any atom is -0.354 e. The minimum absolute atomic E-state index is 0.0478. The number of alkyl halides is 1. The number of nitrogens with one attached hydrogen (secondary N) is 1. The van der Waals surface area contributed by atoms with Crippen molar-refractivity contribution >= 4 is 28.3 Å². The van der Waals surface area contributed by atoms with Crippen molar-refractivity contribution in [1.82, 2.24) is 5.32 Å². The number of fused-ring (bicyclic) bond motifs is 1. The summed E-state index contributed by atoms with van der Waals surface area (Å²) in [6.07, 6.45) is 2.82. The Balaban J connectivity index is 1.58. The highest BCUT2D eigenvalue weighted by Crippen LogP contribution is 2.35. The summed E-state index contributed by atoms with van der Waals surface area (Å²) in [5, 5.41) is 5.39. The fraction of sp³-hybridized carbons (Fsp3) is 0.353. The molecule has 0 radical (unpaired) electrons. The van der Waals surface area contributed by atoms with Gasteiger partial charge in [-0.05, 0) is 35.1 Å². The first-order valence-corrected chi connectivity index (χ1v) is 7.54. The van der Waals surface area contributed by atoms with Crippen LogP contribution in [0.15, 0.2) is 42.5 Å². The van der Waals surface area contributed by atoms with E-state index in [2.05, 4.69) is 29.6 Å². The summed E-state index contributed by atoms with van der Waals surface area (Å²) in [6.45, 7) is 0.582. The molecular weight excluding hydrogens is 270 g/mol. The number of rotatable bonds is 5. The molecule has 0 saturated heterocycles. The van der Waals surface area contributed by atoms with Gasteiger partial charge in [-0.1, -0.05) is 42.5 Å². The molecule has 0 aliphatic heterocycles. The summed E-state index contributed by atoms with van der Waals surface area (Å²) < 4.78 is 0. The quantitative estimate of drug-likeness (QED) is 0.838. The first kappa shape index (κ1) is 13.4. The molecule has 3 rings (SSSR count). The van der Waals surface area contributed by atoms with Gasteiger partial charge in [-0.15, -0.1) is 11.6 Å². The van der Waals surface area contributed by atoms with E-state index in [9.17, 15) is 4.79 Å². The smallest absolute Gasteiger partial charge is 0.224 e. The van der Waals surface area contributed by atoms with Crippen LogP contribution in [-0.4, -0.2) is 17.8 Å². The summed E-state index contributed by atoms with van der Waals surface area (Å²) in [5.41, 5.74) is 1.04. The maximum atomic E-state index is 11.9. The first-order valence-electron chi connectivity index (χ1n) is 7.11. The molecule has 1 unspecified atom stereocenters. The maximum Gasteiger partial charge on any atom is 0.224 e. The van der Waals surface area contributed by atoms with Crippen LogP contribution < -0.4 is 5.32 Å². The second-order valence-corrected chi connectivity index (χ2v) is 6.08. The largest absolute Gasteiger partial charge is 0.354 e. The van der Waals surface area contributed by atoms with Crippen LogP contribution in [0, 0.1) is 5.92 Å². The molecule has 0 aromatic heterocycles. The minimum atomic E-state index is 0.0478. The molecule has 2 nitrogen and oxygen atoms in total. The maximum absolute atomic E-state index is 11.9. The molecule has 2 aromatic rings. The number of carbonyl (C=O) groups is 1. The zero-order valence-corrected chi connectivity index (χ0v) is 12.1. The van der Waals surface area contributed by atoms with Gasteiger partial charge in [-0.2, -0.15) is 0 Å². The number of carbonyl (C=O) groups excluding carboxylic acids is 1. The topological polar surface area (TPSA) is 29.1 Å². The van der Waals surface area contributed by atoms with Gasteiger partial charge in [0.25, 0.3) is 0 Å². The van der Waals surface area contributed by atoms with Crippen LogP contribution in [0.25, 0.3) is 10.8 Å². The Morgan fingerprint density at radius 1 is 1.20 bits per heavy atom. The number of hydrogen-bond donors (Lipinski definition) is 1. The van der Waals surface area contributed by atoms with Crippen molar-refractivity contribution < 1.29 is 4.79 Å². The Kier molecular flexibility index (Phi) is 3.93. The van der Waals surface area contributed by atoms with Crippen LogP contribution in [0.3, 0.4) is 0 Å². The van der Waals surface area contributed by atoms with Crippen molar-refractivity contribution in [2.75, 3.05) is 6.54 Å². The normalized spacial score (nSPS) is 16.1. The molecule has 0 bridgehead atoms. The highest BCUT2D eigenvalue weighted by atomic mass is 35.5. The van der Waals surface area contributed by atoms with Crippen molar-refractivity contribution in [2.24, 2.45) is 5.92 Å². The van der Waals surface area contributed by atoms with E-state index >= 15 is 0 Å². The third kappa shape index (κ3) is 3.31. The predicted molar refractivity (Wildman–Crippen MR) is 83.0 cm³/mol. The van der Waals surface area contributed by atoms with Crippen LogP contribution in [-0.2, 0) is 11.2 Å². The fourth-order valence-corrected chi connectivity index (χ4v) is 2.76. The molecule has 2 aromatic carbocycles. The van der Waals surface area contributed by atoms with Crippen LogP contribution in [0.5, 0.6) is 0 Å². The third-order valence-electron chi connectivity index (χ3n) is 3.81. The van der Waals surface area contributed by atoms with Gasteiger partial charge in [0, 0.05) is 6.54 Å². The molecule has 1 amide bonds. The lowest BCUT2D eigenvalue weighted by molar-refractivity contribution is -0.120. The van der Waals surface area contributed by atoms with Crippen LogP contribution in [0.1, 0.15) is 18.4 Å². The van der Waals surface area contributed by atoms with Crippen molar-refractivity contribution in [3.63, 3.8) is 0 Å². The van der Waals surface area contributed by atoms with Crippen LogP contribution in [0.2, 0.25) is 0 Å². The van der Waals surface area contributed by atoms with Gasteiger partial charge in [0.05, 0.1) is 11.8 Å². The predicted octanol–water partition coefficient (Wildman–Crippen LogP) is 3.52. The number of halogens is 1. The summed E-state index contributed by atoms with van der Waals surface area (Å²) >= 11 is 6.19. The Hall–Kier alpha value is -1.54. The van der Waals surface area contributed by atoms with Gasteiger partial charge in [0.15, 0.2) is 0 Å². The summed E-state index contributed by atoms with van der Waals surface area (Å²) in [5.74, 6) is 0.657. The van der Waals surface area contributed by atoms with E-state index in [1.807, 2.05) is 18.2 Å². The van der Waals surface area contributed by atoms with E-state index in [-0.39, 0.29) is 11.3 Å². The number of hydrogen-bond acceptors (Lipinski definition) is 1. The molecule has 1 aliphatic carbocycles. The molecule has 1 fully saturated rings. The molecule has 0 spiro atoms. The van der Waals surface area contributed by atoms with Crippen molar-refractivity contribution in [3.05, 3.63) is 48.0 Å². The first-order chi connectivity index (χ1) is 9.72. The summed E-state index contributed by atoms with van der Waals surface area (Å²) in [6, 6.07) is 14.3. The van der Waals surface area contributed by atoms with Gasteiger partial charge in [0.1, 0.15) is 0 Å². The lowest BCUT2D eigenvalue weighted by atomic mass is 10.0. The summed E-state index contributed by atoms with van der Waals surface area (Å²) in [4.78, 5) is 11.9. The highest BCUT2D eigenvalue weighted by molar-refractivity contribution is 6.21. The van der Waals surface area contributed by atoms with Gasteiger partial charge in [-0.3, -0.25) is 4.79 Å². The molecule has 3 heteroatoms. The van der Waals surface area contributed by atoms with E-state index in [0.29, 0.717) is 18.9 Å². The monoisotopic (exact) mass is 287 g/mol. The molecule has 1 atom stereocenters. The number of benzene rings is 2. The summed E-state index contributed by atoms with van der Waals surface area (Å²) in [7, 11) is 0. The Labute approximate surface area is 124 Å². The van der Waals surface area contributed by atoms with E-state index in [0.717, 1.165) is 5.56 Å². The van der Waals surface area contributed by atoms with Crippen LogP contribution in [0.4, 0.5) is 0 Å². The lowest BCUT2D eigenvalue weighted by Crippen LogP contribution is -2.31. The second kappa shape index (κ2) is 5.84. The molecule has 104 valence electrons. The Morgan fingerprint density at radius 2 is 1.95 bits per heavy atom. The second-order valence-electron chi connectivity index (χ2n) is 5.52.